The summed E-state index contributed by atoms with van der Waals surface area (Å²) in [6, 6.07) is 3.82. The molecule has 1 aliphatic heterocycles. The van der Waals surface area contributed by atoms with Gasteiger partial charge in [0.15, 0.2) is 12.0 Å². The van der Waals surface area contributed by atoms with Crippen LogP contribution in [0.2, 0.25) is 0 Å². The van der Waals surface area contributed by atoms with Crippen LogP contribution in [-0.4, -0.2) is 14.6 Å². The maximum absolute atomic E-state index is 10.9. The number of benzene rings is 1. The van der Waals surface area contributed by atoms with E-state index in [0.29, 0.717) is 11.4 Å². The van der Waals surface area contributed by atoms with Gasteiger partial charge in [0.25, 0.3) is 0 Å². The van der Waals surface area contributed by atoms with E-state index in [1.165, 1.54) is 0 Å². The average Bonchev–Trinajstić information content (AvgIpc) is 2.56. The van der Waals surface area contributed by atoms with Crippen molar-refractivity contribution >= 4 is 22.3 Å². The molecule has 0 saturated heterocycles. The van der Waals surface area contributed by atoms with Crippen molar-refractivity contribution < 1.29 is 13.2 Å². The van der Waals surface area contributed by atoms with Gasteiger partial charge < -0.3 is 10.1 Å². The van der Waals surface area contributed by atoms with Gasteiger partial charge in [0.05, 0.1) is 11.4 Å². The minimum absolute atomic E-state index is 0.0620. The Kier molecular flexibility index (Phi) is 3.14. The molecular formula is C12H18N2O3S. The van der Waals surface area contributed by atoms with Gasteiger partial charge in [-0.3, -0.25) is 4.72 Å². The molecule has 0 bridgehead atoms. The lowest BCUT2D eigenvalue weighted by Crippen LogP contribution is -2.14. The maximum atomic E-state index is 10.9. The van der Waals surface area contributed by atoms with Crippen molar-refractivity contribution in [2.75, 3.05) is 10.0 Å². The first-order chi connectivity index (χ1) is 8.27. The highest BCUT2D eigenvalue weighted by Crippen LogP contribution is 2.42. The van der Waals surface area contributed by atoms with Crippen molar-refractivity contribution in [3.8, 4) is 5.75 Å². The molecule has 5 nitrogen and oxygen atoms in total. The third-order valence-electron chi connectivity index (χ3n) is 2.82. The molecule has 0 saturated carbocycles. The van der Waals surface area contributed by atoms with Gasteiger partial charge >= 0.3 is 0 Å². The Balaban J connectivity index is 2.54. The Hall–Kier alpha value is -1.43. The van der Waals surface area contributed by atoms with Crippen LogP contribution >= 0.6 is 0 Å². The number of anilines is 2. The SMILES string of the molecule is CC1Nc2cc(C(C)(C)C)cc(N[SH](=O)=O)c2O1. The molecule has 0 aromatic heterocycles. The Labute approximate surface area is 109 Å². The Morgan fingerprint density at radius 3 is 2.56 bits per heavy atom. The number of hydrogen-bond donors (Lipinski definition) is 3. The molecule has 0 amide bonds. The van der Waals surface area contributed by atoms with Crippen molar-refractivity contribution in [2.24, 2.45) is 0 Å². The predicted molar refractivity (Wildman–Crippen MR) is 72.8 cm³/mol. The molecule has 1 unspecified atom stereocenters. The highest BCUT2D eigenvalue weighted by Gasteiger charge is 2.25. The Bertz CT molecular complexity index is 539. The van der Waals surface area contributed by atoms with Crippen LogP contribution in [0.15, 0.2) is 12.1 Å². The molecule has 1 atom stereocenters. The Morgan fingerprint density at radius 1 is 1.33 bits per heavy atom. The number of nitrogens with one attached hydrogen (secondary N) is 2. The van der Waals surface area contributed by atoms with E-state index >= 15 is 0 Å². The lowest BCUT2D eigenvalue weighted by Gasteiger charge is -2.21. The van der Waals surface area contributed by atoms with E-state index in [4.69, 9.17) is 4.74 Å². The number of ether oxygens (including phenoxy) is 1. The zero-order chi connectivity index (χ0) is 13.5. The summed E-state index contributed by atoms with van der Waals surface area (Å²) in [6.45, 7) is 8.11. The highest BCUT2D eigenvalue weighted by molar-refractivity contribution is 7.73. The molecule has 0 aliphatic carbocycles. The van der Waals surface area contributed by atoms with E-state index in [-0.39, 0.29) is 11.6 Å². The van der Waals surface area contributed by atoms with E-state index in [1.54, 1.807) is 0 Å². The number of thiol groups is 1. The van der Waals surface area contributed by atoms with Crippen molar-refractivity contribution in [1.29, 1.82) is 0 Å². The zero-order valence-electron chi connectivity index (χ0n) is 10.9. The largest absolute Gasteiger partial charge is 0.467 e. The van der Waals surface area contributed by atoms with Gasteiger partial charge in [-0.25, -0.2) is 8.42 Å². The third-order valence-corrected chi connectivity index (χ3v) is 3.24. The van der Waals surface area contributed by atoms with Gasteiger partial charge in [-0.1, -0.05) is 20.8 Å². The summed E-state index contributed by atoms with van der Waals surface area (Å²) in [4.78, 5) is 0. The van der Waals surface area contributed by atoms with Crippen LogP contribution in [0.25, 0.3) is 0 Å². The fraction of sp³-hybridized carbons (Fsp3) is 0.500. The molecule has 1 aromatic rings. The lowest BCUT2D eigenvalue weighted by molar-refractivity contribution is 0.276. The van der Waals surface area contributed by atoms with Crippen LogP contribution in [0.5, 0.6) is 5.75 Å². The van der Waals surface area contributed by atoms with Crippen LogP contribution in [0.4, 0.5) is 11.4 Å². The van der Waals surface area contributed by atoms with Crippen molar-refractivity contribution in [1.82, 2.24) is 0 Å². The second kappa shape index (κ2) is 4.35. The molecule has 0 fully saturated rings. The predicted octanol–water partition coefficient (Wildman–Crippen LogP) is 2.07. The van der Waals surface area contributed by atoms with E-state index < -0.39 is 10.9 Å². The maximum Gasteiger partial charge on any atom is 0.222 e. The summed E-state index contributed by atoms with van der Waals surface area (Å²) in [7, 11) is -2.70. The van der Waals surface area contributed by atoms with E-state index in [2.05, 4.69) is 30.8 Å². The summed E-state index contributed by atoms with van der Waals surface area (Å²) in [5.74, 6) is 0.565. The first-order valence-electron chi connectivity index (χ1n) is 5.80. The standard InChI is InChI=1S/C12H18N2O3S/c1-7-13-9-5-8(12(2,3)4)6-10(11(9)17-7)14-18(15)16/h5-7,13,18H,1-4H3,(H,14,15,16). The summed E-state index contributed by atoms with van der Waals surface area (Å²) in [5.41, 5.74) is 2.30. The molecule has 100 valence electrons. The normalized spacial score (nSPS) is 18.2. The topological polar surface area (TPSA) is 67.4 Å². The monoisotopic (exact) mass is 270 g/mol. The quantitative estimate of drug-likeness (QED) is 0.720. The van der Waals surface area contributed by atoms with Crippen LogP contribution in [-0.2, 0) is 16.3 Å². The highest BCUT2D eigenvalue weighted by atomic mass is 32.2. The van der Waals surface area contributed by atoms with Crippen molar-refractivity contribution in [3.63, 3.8) is 0 Å². The van der Waals surface area contributed by atoms with Crippen LogP contribution < -0.4 is 14.8 Å². The molecule has 6 heteroatoms. The number of fused-ring (bicyclic) bond motifs is 1. The van der Waals surface area contributed by atoms with Crippen molar-refractivity contribution in [3.05, 3.63) is 17.7 Å². The van der Waals surface area contributed by atoms with Gasteiger partial charge in [0.1, 0.15) is 0 Å². The van der Waals surface area contributed by atoms with E-state index in [0.717, 1.165) is 11.3 Å². The second-order valence-electron chi connectivity index (χ2n) is 5.42. The molecule has 1 aromatic carbocycles. The second-order valence-corrected chi connectivity index (χ2v) is 6.16. The molecule has 0 spiro atoms. The third kappa shape index (κ3) is 2.53. The molecule has 18 heavy (non-hydrogen) atoms. The molecular weight excluding hydrogens is 252 g/mol. The van der Waals surface area contributed by atoms with Crippen LogP contribution in [0, 0.1) is 0 Å². The molecule has 1 aliphatic rings. The van der Waals surface area contributed by atoms with Gasteiger partial charge in [0, 0.05) is 0 Å². The van der Waals surface area contributed by atoms with Crippen molar-refractivity contribution in [2.45, 2.75) is 39.3 Å². The zero-order valence-corrected chi connectivity index (χ0v) is 11.8. The summed E-state index contributed by atoms with van der Waals surface area (Å²) >= 11 is 0. The molecule has 1 heterocycles. The van der Waals surface area contributed by atoms with Crippen LogP contribution in [0.1, 0.15) is 33.3 Å². The fourth-order valence-corrected chi connectivity index (χ4v) is 2.27. The molecule has 2 rings (SSSR count). The summed E-state index contributed by atoms with van der Waals surface area (Å²) in [6.07, 6.45) is -0.152. The molecule has 0 radical (unpaired) electrons. The minimum Gasteiger partial charge on any atom is -0.467 e. The smallest absolute Gasteiger partial charge is 0.222 e. The Morgan fingerprint density at radius 2 is 2.00 bits per heavy atom. The number of hydrogen-bond acceptors (Lipinski definition) is 4. The van der Waals surface area contributed by atoms with Gasteiger partial charge in [-0.2, -0.15) is 0 Å². The summed E-state index contributed by atoms with van der Waals surface area (Å²) in [5, 5.41) is 3.16. The fourth-order valence-electron chi connectivity index (χ4n) is 1.90. The average molecular weight is 270 g/mol. The molecule has 2 N–H and O–H groups in total. The first-order valence-corrected chi connectivity index (χ1v) is 6.98. The van der Waals surface area contributed by atoms with Gasteiger partial charge in [0.2, 0.25) is 10.9 Å². The minimum atomic E-state index is -2.70. The lowest BCUT2D eigenvalue weighted by atomic mass is 9.86. The van der Waals surface area contributed by atoms with E-state index in [9.17, 15) is 8.42 Å². The van der Waals surface area contributed by atoms with Gasteiger partial charge in [-0.15, -0.1) is 0 Å². The summed E-state index contributed by atoms with van der Waals surface area (Å²) < 4.78 is 29.7. The van der Waals surface area contributed by atoms with Crippen LogP contribution in [0.3, 0.4) is 0 Å². The number of rotatable bonds is 2. The first kappa shape index (κ1) is 13.0. The van der Waals surface area contributed by atoms with Gasteiger partial charge in [-0.05, 0) is 30.0 Å². The van der Waals surface area contributed by atoms with E-state index in [1.807, 2.05) is 19.1 Å².